The minimum Gasteiger partial charge on any atom is -0.454 e. The number of allylic oxidation sites excluding steroid dienone is 7. The second kappa shape index (κ2) is 51.4. The van der Waals surface area contributed by atoms with E-state index in [2.05, 4.69) is 62.5 Å². The fraction of sp³-hybridized carbons (Fsp3) is 0.841. The van der Waals surface area contributed by atoms with Crippen LogP contribution in [-0.2, 0) is 23.8 Å². The number of hydrogen-bond acceptors (Lipinski definition) is 10. The topological polar surface area (TPSA) is 175 Å². The van der Waals surface area contributed by atoms with Crippen LogP contribution in [-0.4, -0.2) is 99.6 Å². The van der Waals surface area contributed by atoms with Crippen LogP contribution in [0.4, 0.5) is 0 Å². The molecule has 0 aromatic heterocycles. The van der Waals surface area contributed by atoms with E-state index >= 15 is 0 Å². The summed E-state index contributed by atoms with van der Waals surface area (Å²) in [6.45, 7) is 5.76. The Balaban J connectivity index is 2.70. The van der Waals surface area contributed by atoms with Gasteiger partial charge in [-0.15, -0.1) is 0 Å². The van der Waals surface area contributed by atoms with Crippen molar-refractivity contribution < 1.29 is 49.3 Å². The summed E-state index contributed by atoms with van der Waals surface area (Å²) in [5.74, 6) is -1.21. The van der Waals surface area contributed by atoms with Crippen molar-refractivity contribution in [2.75, 3.05) is 13.2 Å². The van der Waals surface area contributed by atoms with Crippen LogP contribution in [0.15, 0.2) is 48.6 Å². The summed E-state index contributed by atoms with van der Waals surface area (Å²) in [5.41, 5.74) is 0. The molecule has 1 rings (SSSR count). The highest BCUT2D eigenvalue weighted by Gasteiger charge is 2.47. The van der Waals surface area contributed by atoms with E-state index in [0.717, 1.165) is 83.5 Å². The molecule has 1 aliphatic heterocycles. The summed E-state index contributed by atoms with van der Waals surface area (Å²) in [6, 6.07) is -1.03. The van der Waals surface area contributed by atoms with E-state index in [1.54, 1.807) is 6.08 Å². The zero-order chi connectivity index (χ0) is 54.0. The van der Waals surface area contributed by atoms with Gasteiger partial charge in [-0.2, -0.15) is 0 Å². The van der Waals surface area contributed by atoms with E-state index in [1.165, 1.54) is 148 Å². The van der Waals surface area contributed by atoms with Crippen LogP contribution in [0.2, 0.25) is 0 Å². The van der Waals surface area contributed by atoms with Crippen molar-refractivity contribution in [1.82, 2.24) is 5.32 Å². The maximum absolute atomic E-state index is 13.4. The molecule has 0 saturated carbocycles. The molecule has 74 heavy (non-hydrogen) atoms. The van der Waals surface area contributed by atoms with Gasteiger partial charge in [0.1, 0.15) is 24.4 Å². The van der Waals surface area contributed by atoms with Gasteiger partial charge in [-0.05, 0) is 64.2 Å². The Hall–Kier alpha value is -2.38. The Bertz CT molecular complexity index is 1390. The molecule has 1 aliphatic rings. The fourth-order valence-electron chi connectivity index (χ4n) is 9.54. The molecule has 0 radical (unpaired) electrons. The van der Waals surface area contributed by atoms with Gasteiger partial charge in [-0.1, -0.05) is 256 Å². The molecule has 1 heterocycles. The van der Waals surface area contributed by atoms with E-state index in [-0.39, 0.29) is 13.0 Å². The van der Waals surface area contributed by atoms with Crippen molar-refractivity contribution >= 4 is 11.9 Å². The maximum atomic E-state index is 13.4. The second-order valence-electron chi connectivity index (χ2n) is 21.4. The van der Waals surface area contributed by atoms with E-state index in [4.69, 9.17) is 14.2 Å². The monoisotopic (exact) mass is 1050 g/mol. The van der Waals surface area contributed by atoms with E-state index in [9.17, 15) is 35.1 Å². The van der Waals surface area contributed by atoms with Gasteiger partial charge in [0.15, 0.2) is 12.4 Å². The van der Waals surface area contributed by atoms with Crippen molar-refractivity contribution in [1.29, 1.82) is 0 Å². The Morgan fingerprint density at radius 3 is 1.42 bits per heavy atom. The fourth-order valence-corrected chi connectivity index (χ4v) is 9.54. The summed E-state index contributed by atoms with van der Waals surface area (Å²) in [6.07, 6.45) is 51.4. The summed E-state index contributed by atoms with van der Waals surface area (Å²) in [4.78, 5) is 26.5. The Labute approximate surface area is 453 Å². The molecular formula is C63H115NO10. The molecule has 1 saturated heterocycles. The minimum absolute atomic E-state index is 0.0989. The van der Waals surface area contributed by atoms with Crippen LogP contribution in [0, 0.1) is 0 Å². The molecule has 1 amide bonds. The molecule has 0 spiro atoms. The number of carbonyl (C=O) groups is 2. The Morgan fingerprint density at radius 2 is 0.932 bits per heavy atom. The van der Waals surface area contributed by atoms with Crippen LogP contribution in [0.25, 0.3) is 0 Å². The summed E-state index contributed by atoms with van der Waals surface area (Å²) in [7, 11) is 0. The van der Waals surface area contributed by atoms with Gasteiger partial charge in [-0.3, -0.25) is 9.59 Å². The van der Waals surface area contributed by atoms with Gasteiger partial charge in [0.25, 0.3) is 0 Å². The quantitative estimate of drug-likeness (QED) is 0.0195. The number of aliphatic hydroxyl groups is 5. The minimum atomic E-state index is -1.62. The second-order valence-corrected chi connectivity index (χ2v) is 21.4. The SMILES string of the molecule is CCCCC/C=C\C/C=C\C/C=C\CCCCCCC(=O)OC1C(OCC(NC(=O)C(O)CCCCCCCCCCCCCCCCCC)C(O)/C=C/CCCCCCCCCCCC)OC(CO)C(O)C1O. The van der Waals surface area contributed by atoms with Crippen LogP contribution in [0.3, 0.4) is 0 Å². The molecule has 0 aromatic rings. The first kappa shape index (κ1) is 69.6. The van der Waals surface area contributed by atoms with Crippen molar-refractivity contribution in [3.05, 3.63) is 48.6 Å². The van der Waals surface area contributed by atoms with Crippen LogP contribution in [0.1, 0.15) is 278 Å². The van der Waals surface area contributed by atoms with E-state index in [1.807, 2.05) is 6.08 Å². The summed E-state index contributed by atoms with van der Waals surface area (Å²) >= 11 is 0. The van der Waals surface area contributed by atoms with Crippen LogP contribution in [0.5, 0.6) is 0 Å². The highest BCUT2D eigenvalue weighted by atomic mass is 16.7. The predicted molar refractivity (Wildman–Crippen MR) is 306 cm³/mol. The number of aliphatic hydroxyl groups excluding tert-OH is 5. The number of ether oxygens (including phenoxy) is 3. The van der Waals surface area contributed by atoms with Crippen LogP contribution >= 0.6 is 0 Å². The van der Waals surface area contributed by atoms with Gasteiger partial charge in [0, 0.05) is 6.42 Å². The lowest BCUT2D eigenvalue weighted by molar-refractivity contribution is -0.305. The Morgan fingerprint density at radius 1 is 0.527 bits per heavy atom. The molecule has 432 valence electrons. The largest absolute Gasteiger partial charge is 0.454 e. The van der Waals surface area contributed by atoms with Crippen molar-refractivity contribution in [3.8, 4) is 0 Å². The summed E-state index contributed by atoms with van der Waals surface area (Å²) < 4.78 is 17.6. The molecule has 1 fully saturated rings. The van der Waals surface area contributed by atoms with Gasteiger partial charge < -0.3 is 45.1 Å². The van der Waals surface area contributed by atoms with Crippen LogP contribution < -0.4 is 5.32 Å². The van der Waals surface area contributed by atoms with E-state index < -0.39 is 67.4 Å². The van der Waals surface area contributed by atoms with Gasteiger partial charge in [-0.25, -0.2) is 0 Å². The molecule has 0 aromatic carbocycles. The number of carbonyl (C=O) groups excluding carboxylic acids is 2. The lowest BCUT2D eigenvalue weighted by Crippen LogP contribution is -2.61. The highest BCUT2D eigenvalue weighted by Crippen LogP contribution is 2.26. The van der Waals surface area contributed by atoms with Crippen molar-refractivity contribution in [3.63, 3.8) is 0 Å². The highest BCUT2D eigenvalue weighted by molar-refractivity contribution is 5.80. The predicted octanol–water partition coefficient (Wildman–Crippen LogP) is 14.4. The number of hydrogen-bond donors (Lipinski definition) is 6. The van der Waals surface area contributed by atoms with Gasteiger partial charge in [0.2, 0.25) is 5.91 Å². The number of unbranched alkanes of at least 4 members (excludes halogenated alkanes) is 32. The average Bonchev–Trinajstić information content (AvgIpc) is 3.40. The third kappa shape index (κ3) is 39.1. The normalized spacial score (nSPS) is 19.6. The first-order chi connectivity index (χ1) is 36.2. The molecule has 6 N–H and O–H groups in total. The van der Waals surface area contributed by atoms with E-state index in [0.29, 0.717) is 19.3 Å². The van der Waals surface area contributed by atoms with Gasteiger partial charge >= 0.3 is 5.97 Å². The maximum Gasteiger partial charge on any atom is 0.306 e. The number of nitrogens with one attached hydrogen (secondary N) is 1. The lowest BCUT2D eigenvalue weighted by atomic mass is 9.99. The Kier molecular flexibility index (Phi) is 48.3. The average molecular weight is 1050 g/mol. The first-order valence-electron chi connectivity index (χ1n) is 30.9. The van der Waals surface area contributed by atoms with Crippen molar-refractivity contribution in [2.45, 2.75) is 327 Å². The standard InChI is InChI=1S/C63H115NO10/c1-4-7-10-13-16-19-22-25-27-29-31-33-36-39-42-45-48-51-58(68)74-61-60(70)59(69)57(52-65)73-63(61)72-53-54(55(66)49-46-43-40-37-34-24-21-18-15-12-9-6-3)64-62(71)56(67)50-47-44-41-38-35-32-30-28-26-23-20-17-14-11-8-5-2/h16,19,25,27,31,33,46,49,54-57,59-61,63,65-67,69-70H,4-15,17-18,20-24,26,28-30,32,34-45,47-48,50-53H2,1-3H3,(H,64,71)/b19-16-,27-25-,33-31-,49-46+. The molecule has 11 heteroatoms. The molecule has 0 bridgehead atoms. The molecule has 11 nitrogen and oxygen atoms in total. The summed E-state index contributed by atoms with van der Waals surface area (Å²) in [5, 5.41) is 56.9. The zero-order valence-corrected chi connectivity index (χ0v) is 47.7. The first-order valence-corrected chi connectivity index (χ1v) is 30.9. The molecule has 0 aliphatic carbocycles. The third-order valence-electron chi connectivity index (χ3n) is 14.5. The zero-order valence-electron chi connectivity index (χ0n) is 47.7. The lowest BCUT2D eigenvalue weighted by Gasteiger charge is -2.41. The number of rotatable bonds is 52. The smallest absolute Gasteiger partial charge is 0.306 e. The van der Waals surface area contributed by atoms with Gasteiger partial charge in [0.05, 0.1) is 25.4 Å². The molecule has 8 atom stereocenters. The number of esters is 1. The van der Waals surface area contributed by atoms with Crippen molar-refractivity contribution in [2.24, 2.45) is 0 Å². The number of amides is 1. The molecule has 8 unspecified atom stereocenters. The molecular weight excluding hydrogens is 931 g/mol. The third-order valence-corrected chi connectivity index (χ3v) is 14.5.